The number of nitrogens with one attached hydrogen (secondary N) is 1. The van der Waals surface area contributed by atoms with Crippen molar-refractivity contribution in [2.75, 3.05) is 0 Å². The number of esters is 1. The molecule has 2 aliphatic rings. The molecule has 0 unspecified atom stereocenters. The van der Waals surface area contributed by atoms with Crippen molar-refractivity contribution in [3.8, 4) is 0 Å². The number of fused-ring (bicyclic) bond motifs is 1. The number of carbonyl (C=O) groups is 2. The van der Waals surface area contributed by atoms with Crippen LogP contribution in [0, 0.1) is 0 Å². The molecule has 0 heterocycles. The van der Waals surface area contributed by atoms with Gasteiger partial charge in [-0.2, -0.15) is 0 Å². The van der Waals surface area contributed by atoms with Gasteiger partial charge in [0.1, 0.15) is 0 Å². The first kappa shape index (κ1) is 17.0. The minimum atomic E-state index is -0.754. The summed E-state index contributed by atoms with van der Waals surface area (Å²) in [6, 6.07) is 6.01. The molecule has 0 saturated heterocycles. The summed E-state index contributed by atoms with van der Waals surface area (Å²) in [5.74, 6) is -0.595. The fourth-order valence-electron chi connectivity index (χ4n) is 3.71. The molecule has 1 fully saturated rings. The SMILES string of the molecule is C[C@@H](OC(=O)c1ccc2c(c1)CCCC2)C(=O)NC1CCCCC1. The zero-order valence-corrected chi connectivity index (χ0v) is 14.5. The number of aryl methyl sites for hydroxylation is 2. The minimum absolute atomic E-state index is 0.187. The Morgan fingerprint density at radius 3 is 2.50 bits per heavy atom. The molecule has 0 aliphatic heterocycles. The summed E-state index contributed by atoms with van der Waals surface area (Å²) in [5.41, 5.74) is 3.13. The lowest BCUT2D eigenvalue weighted by atomic mass is 9.90. The summed E-state index contributed by atoms with van der Waals surface area (Å²) < 4.78 is 5.38. The van der Waals surface area contributed by atoms with Gasteiger partial charge in [-0.15, -0.1) is 0 Å². The highest BCUT2D eigenvalue weighted by molar-refractivity contribution is 5.92. The van der Waals surface area contributed by atoms with Crippen LogP contribution in [0.15, 0.2) is 18.2 Å². The molecule has 0 bridgehead atoms. The van der Waals surface area contributed by atoms with E-state index in [9.17, 15) is 9.59 Å². The molecule has 1 amide bonds. The Labute approximate surface area is 144 Å². The first-order chi connectivity index (χ1) is 11.6. The third-order valence-corrected chi connectivity index (χ3v) is 5.19. The highest BCUT2D eigenvalue weighted by Crippen LogP contribution is 2.23. The van der Waals surface area contributed by atoms with Crippen LogP contribution in [-0.2, 0) is 22.4 Å². The third-order valence-electron chi connectivity index (χ3n) is 5.19. The largest absolute Gasteiger partial charge is 0.449 e. The van der Waals surface area contributed by atoms with Crippen molar-refractivity contribution in [2.45, 2.75) is 76.9 Å². The first-order valence-electron chi connectivity index (χ1n) is 9.26. The summed E-state index contributed by atoms with van der Waals surface area (Å²) in [7, 11) is 0. The lowest BCUT2D eigenvalue weighted by Crippen LogP contribution is -2.42. The average Bonchev–Trinajstić information content (AvgIpc) is 2.62. The van der Waals surface area contributed by atoms with Gasteiger partial charge in [0.05, 0.1) is 5.56 Å². The summed E-state index contributed by atoms with van der Waals surface area (Å²) in [6.07, 6.45) is 9.36. The van der Waals surface area contributed by atoms with Gasteiger partial charge in [0.25, 0.3) is 5.91 Å². The summed E-state index contributed by atoms with van der Waals surface area (Å²) in [5, 5.41) is 3.01. The van der Waals surface area contributed by atoms with Crippen LogP contribution in [0.3, 0.4) is 0 Å². The Bertz CT molecular complexity index is 605. The van der Waals surface area contributed by atoms with Crippen molar-refractivity contribution < 1.29 is 14.3 Å². The van der Waals surface area contributed by atoms with Crippen molar-refractivity contribution in [2.24, 2.45) is 0 Å². The Hall–Kier alpha value is -1.84. The topological polar surface area (TPSA) is 55.4 Å². The number of hydrogen-bond acceptors (Lipinski definition) is 3. The molecule has 130 valence electrons. The van der Waals surface area contributed by atoms with E-state index in [1.165, 1.54) is 30.4 Å². The molecule has 1 N–H and O–H groups in total. The molecule has 3 rings (SSSR count). The molecular weight excluding hydrogens is 302 g/mol. The molecular formula is C20H27NO3. The normalized spacial score (nSPS) is 19.2. The Kier molecular flexibility index (Phi) is 5.54. The second-order valence-corrected chi connectivity index (χ2v) is 7.08. The molecule has 4 heteroatoms. The molecule has 24 heavy (non-hydrogen) atoms. The van der Waals surface area contributed by atoms with Gasteiger partial charge < -0.3 is 10.1 Å². The van der Waals surface area contributed by atoms with Crippen LogP contribution in [0.2, 0.25) is 0 Å². The smallest absolute Gasteiger partial charge is 0.338 e. The Balaban J connectivity index is 1.56. The highest BCUT2D eigenvalue weighted by atomic mass is 16.5. The summed E-state index contributed by atoms with van der Waals surface area (Å²) in [6.45, 7) is 1.65. The second-order valence-electron chi connectivity index (χ2n) is 7.08. The van der Waals surface area contributed by atoms with E-state index >= 15 is 0 Å². The molecule has 4 nitrogen and oxygen atoms in total. The van der Waals surface area contributed by atoms with Crippen LogP contribution in [-0.4, -0.2) is 24.0 Å². The Morgan fingerprint density at radius 2 is 1.75 bits per heavy atom. The predicted octanol–water partition coefficient (Wildman–Crippen LogP) is 3.56. The maximum Gasteiger partial charge on any atom is 0.338 e. The zero-order chi connectivity index (χ0) is 16.9. The van der Waals surface area contributed by atoms with E-state index in [0.717, 1.165) is 38.5 Å². The number of amides is 1. The lowest BCUT2D eigenvalue weighted by molar-refractivity contribution is -0.130. The van der Waals surface area contributed by atoms with E-state index in [-0.39, 0.29) is 11.9 Å². The average molecular weight is 329 g/mol. The van der Waals surface area contributed by atoms with Crippen LogP contribution in [0.5, 0.6) is 0 Å². The molecule has 0 radical (unpaired) electrons. The number of rotatable bonds is 4. The minimum Gasteiger partial charge on any atom is -0.449 e. The molecule has 1 aromatic rings. The predicted molar refractivity (Wildman–Crippen MR) is 93.0 cm³/mol. The van der Waals surface area contributed by atoms with Crippen molar-refractivity contribution in [1.82, 2.24) is 5.32 Å². The van der Waals surface area contributed by atoms with Gasteiger partial charge in [0.15, 0.2) is 6.10 Å². The Morgan fingerprint density at radius 1 is 1.04 bits per heavy atom. The van der Waals surface area contributed by atoms with Gasteiger partial charge in [-0.3, -0.25) is 4.79 Å². The number of hydrogen-bond donors (Lipinski definition) is 1. The quantitative estimate of drug-likeness (QED) is 0.859. The van der Waals surface area contributed by atoms with E-state index in [1.807, 2.05) is 18.2 Å². The molecule has 1 atom stereocenters. The number of carbonyl (C=O) groups excluding carboxylic acids is 2. The number of ether oxygens (including phenoxy) is 1. The van der Waals surface area contributed by atoms with Crippen LogP contribution in [0.25, 0.3) is 0 Å². The van der Waals surface area contributed by atoms with Gasteiger partial charge in [-0.25, -0.2) is 4.79 Å². The highest BCUT2D eigenvalue weighted by Gasteiger charge is 2.23. The van der Waals surface area contributed by atoms with Crippen LogP contribution >= 0.6 is 0 Å². The molecule has 0 aromatic heterocycles. The van der Waals surface area contributed by atoms with E-state index in [1.54, 1.807) is 6.92 Å². The second kappa shape index (κ2) is 7.82. The lowest BCUT2D eigenvalue weighted by Gasteiger charge is -2.24. The van der Waals surface area contributed by atoms with E-state index in [2.05, 4.69) is 5.32 Å². The fraction of sp³-hybridized carbons (Fsp3) is 0.600. The fourth-order valence-corrected chi connectivity index (χ4v) is 3.71. The monoisotopic (exact) mass is 329 g/mol. The van der Waals surface area contributed by atoms with E-state index in [0.29, 0.717) is 5.56 Å². The van der Waals surface area contributed by atoms with Gasteiger partial charge >= 0.3 is 5.97 Å². The van der Waals surface area contributed by atoms with Crippen LogP contribution in [0.4, 0.5) is 0 Å². The standard InChI is InChI=1S/C20H27NO3/c1-14(19(22)21-18-9-3-2-4-10-18)24-20(23)17-12-11-15-7-5-6-8-16(15)13-17/h11-14,18H,2-10H2,1H3,(H,21,22)/t14-/m1/s1. The van der Waals surface area contributed by atoms with Gasteiger partial charge in [-0.1, -0.05) is 25.3 Å². The van der Waals surface area contributed by atoms with E-state index in [4.69, 9.17) is 4.74 Å². The summed E-state index contributed by atoms with van der Waals surface area (Å²) >= 11 is 0. The van der Waals surface area contributed by atoms with Crippen molar-refractivity contribution >= 4 is 11.9 Å². The maximum absolute atomic E-state index is 12.3. The van der Waals surface area contributed by atoms with Gasteiger partial charge in [0, 0.05) is 6.04 Å². The van der Waals surface area contributed by atoms with Crippen molar-refractivity contribution in [1.29, 1.82) is 0 Å². The van der Waals surface area contributed by atoms with Crippen molar-refractivity contribution in [3.05, 3.63) is 34.9 Å². The van der Waals surface area contributed by atoms with Crippen LogP contribution < -0.4 is 5.32 Å². The summed E-state index contributed by atoms with van der Waals surface area (Å²) in [4.78, 5) is 24.6. The molecule has 2 aliphatic carbocycles. The third kappa shape index (κ3) is 4.16. The molecule has 0 spiro atoms. The molecule has 1 saturated carbocycles. The molecule has 1 aromatic carbocycles. The van der Waals surface area contributed by atoms with Crippen molar-refractivity contribution in [3.63, 3.8) is 0 Å². The van der Waals surface area contributed by atoms with Crippen LogP contribution in [0.1, 0.15) is 73.4 Å². The van der Waals surface area contributed by atoms with Gasteiger partial charge in [-0.05, 0) is 68.7 Å². The van der Waals surface area contributed by atoms with Gasteiger partial charge in [0.2, 0.25) is 0 Å². The first-order valence-corrected chi connectivity index (χ1v) is 9.26. The maximum atomic E-state index is 12.3. The van der Waals surface area contributed by atoms with E-state index < -0.39 is 12.1 Å². The zero-order valence-electron chi connectivity index (χ0n) is 14.5. The number of benzene rings is 1.